The van der Waals surface area contributed by atoms with Crippen molar-refractivity contribution in [2.24, 2.45) is 0 Å². The fraction of sp³-hybridized carbons (Fsp3) is 0. The zero-order chi connectivity index (χ0) is 19.5. The van der Waals surface area contributed by atoms with Crippen LogP contribution in [0, 0.1) is 0 Å². The Kier molecular flexibility index (Phi) is 4.31. The fourth-order valence-electron chi connectivity index (χ4n) is 3.18. The number of para-hydroxylation sites is 1. The first-order valence-corrected chi connectivity index (χ1v) is 9.07. The van der Waals surface area contributed by atoms with Crippen molar-refractivity contribution in [2.75, 3.05) is 0 Å². The number of tetrazole rings is 1. The summed E-state index contributed by atoms with van der Waals surface area (Å²) < 4.78 is 6.04. The summed E-state index contributed by atoms with van der Waals surface area (Å²) in [5.74, 6) is 2.12. The molecule has 2 aromatic heterocycles. The Morgan fingerprint density at radius 1 is 0.724 bits per heavy atom. The molecule has 5 aromatic rings. The fourth-order valence-corrected chi connectivity index (χ4v) is 3.18. The minimum atomic E-state index is 0.563. The Balaban J connectivity index is 1.56. The Morgan fingerprint density at radius 2 is 1.55 bits per heavy atom. The van der Waals surface area contributed by atoms with E-state index in [2.05, 4.69) is 30.8 Å². The first-order chi connectivity index (χ1) is 14.4. The third-order valence-electron chi connectivity index (χ3n) is 4.58. The van der Waals surface area contributed by atoms with Crippen LogP contribution in [0.15, 0.2) is 85.2 Å². The zero-order valence-electron chi connectivity index (χ0n) is 15.3. The molecule has 0 radical (unpaired) electrons. The second-order valence-electron chi connectivity index (χ2n) is 6.42. The van der Waals surface area contributed by atoms with Gasteiger partial charge < -0.3 is 4.74 Å². The van der Waals surface area contributed by atoms with Crippen molar-refractivity contribution in [2.45, 2.75) is 0 Å². The van der Waals surface area contributed by atoms with Gasteiger partial charge in [0.25, 0.3) is 0 Å². The SMILES string of the molecule is c1ccc(Oc2ccc(-c3cn[nH]c3)c(-c3ccc(-c4nn[nH]n4)cc3)c2)cc1. The highest BCUT2D eigenvalue weighted by Gasteiger charge is 2.12. The quantitative estimate of drug-likeness (QED) is 0.460. The standard InChI is InChI=1S/C22H16N6O/c1-2-4-18(5-3-1)29-19-10-11-20(17-13-23-24-14-17)21(12-19)15-6-8-16(9-7-15)22-25-27-28-26-22/h1-14H,(H,23,24)(H,25,26,27,28). The van der Waals surface area contributed by atoms with Crippen LogP contribution in [0.3, 0.4) is 0 Å². The predicted molar refractivity (Wildman–Crippen MR) is 109 cm³/mol. The van der Waals surface area contributed by atoms with Gasteiger partial charge in [-0.3, -0.25) is 5.10 Å². The number of nitrogens with one attached hydrogen (secondary N) is 2. The van der Waals surface area contributed by atoms with E-state index >= 15 is 0 Å². The zero-order valence-corrected chi connectivity index (χ0v) is 15.3. The van der Waals surface area contributed by atoms with E-state index in [9.17, 15) is 0 Å². The van der Waals surface area contributed by atoms with Crippen molar-refractivity contribution in [1.82, 2.24) is 30.8 Å². The second kappa shape index (κ2) is 7.40. The highest BCUT2D eigenvalue weighted by molar-refractivity contribution is 5.84. The van der Waals surface area contributed by atoms with E-state index in [-0.39, 0.29) is 0 Å². The Hall–Kier alpha value is -4.26. The molecule has 0 saturated carbocycles. The minimum Gasteiger partial charge on any atom is -0.457 e. The average Bonchev–Trinajstić information content (AvgIpc) is 3.49. The van der Waals surface area contributed by atoms with Crippen LogP contribution in [0.2, 0.25) is 0 Å². The molecule has 0 saturated heterocycles. The van der Waals surface area contributed by atoms with Crippen LogP contribution in [-0.2, 0) is 0 Å². The number of rotatable bonds is 5. The van der Waals surface area contributed by atoms with Gasteiger partial charge >= 0.3 is 0 Å². The van der Waals surface area contributed by atoms with Gasteiger partial charge in [0.2, 0.25) is 5.82 Å². The number of benzene rings is 3. The molecule has 0 fully saturated rings. The molecule has 0 amide bonds. The van der Waals surface area contributed by atoms with E-state index in [0.717, 1.165) is 39.3 Å². The summed E-state index contributed by atoms with van der Waals surface area (Å²) in [5.41, 5.74) is 5.05. The lowest BCUT2D eigenvalue weighted by molar-refractivity contribution is 0.483. The summed E-state index contributed by atoms with van der Waals surface area (Å²) in [6.07, 6.45) is 3.69. The number of nitrogens with zero attached hydrogens (tertiary/aromatic N) is 4. The summed E-state index contributed by atoms with van der Waals surface area (Å²) >= 11 is 0. The molecule has 2 N–H and O–H groups in total. The number of H-pyrrole nitrogens is 2. The van der Waals surface area contributed by atoms with E-state index in [1.165, 1.54) is 0 Å². The van der Waals surface area contributed by atoms with E-state index in [1.807, 2.05) is 85.2 Å². The van der Waals surface area contributed by atoms with Gasteiger partial charge in [0.1, 0.15) is 11.5 Å². The normalized spacial score (nSPS) is 10.8. The van der Waals surface area contributed by atoms with Crippen LogP contribution in [0.5, 0.6) is 11.5 Å². The van der Waals surface area contributed by atoms with Crippen molar-refractivity contribution < 1.29 is 4.74 Å². The molecule has 0 atom stereocenters. The van der Waals surface area contributed by atoms with Crippen LogP contribution in [0.4, 0.5) is 0 Å². The Morgan fingerprint density at radius 3 is 2.28 bits per heavy atom. The van der Waals surface area contributed by atoms with E-state index < -0.39 is 0 Å². The van der Waals surface area contributed by atoms with E-state index in [4.69, 9.17) is 4.74 Å². The van der Waals surface area contributed by atoms with Crippen LogP contribution in [0.25, 0.3) is 33.6 Å². The molecule has 7 nitrogen and oxygen atoms in total. The number of aromatic nitrogens is 6. The summed E-state index contributed by atoms with van der Waals surface area (Å²) in [4.78, 5) is 0. The van der Waals surface area contributed by atoms with Crippen molar-refractivity contribution in [3.8, 4) is 45.1 Å². The van der Waals surface area contributed by atoms with Crippen LogP contribution < -0.4 is 4.74 Å². The molecule has 3 aromatic carbocycles. The van der Waals surface area contributed by atoms with Crippen LogP contribution in [-0.4, -0.2) is 30.8 Å². The number of hydrogen-bond donors (Lipinski definition) is 2. The minimum absolute atomic E-state index is 0.563. The highest BCUT2D eigenvalue weighted by atomic mass is 16.5. The van der Waals surface area contributed by atoms with E-state index in [0.29, 0.717) is 5.82 Å². The largest absolute Gasteiger partial charge is 0.457 e. The van der Waals surface area contributed by atoms with Gasteiger partial charge in [-0.1, -0.05) is 42.5 Å². The molecule has 0 aliphatic carbocycles. The van der Waals surface area contributed by atoms with Crippen LogP contribution >= 0.6 is 0 Å². The molecule has 0 aliphatic heterocycles. The van der Waals surface area contributed by atoms with Gasteiger partial charge in [0, 0.05) is 17.3 Å². The van der Waals surface area contributed by atoms with Crippen molar-refractivity contribution in [1.29, 1.82) is 0 Å². The molecule has 0 unspecified atom stereocenters. The van der Waals surface area contributed by atoms with Crippen molar-refractivity contribution in [3.63, 3.8) is 0 Å². The third kappa shape index (κ3) is 3.49. The molecule has 0 spiro atoms. The molecule has 140 valence electrons. The smallest absolute Gasteiger partial charge is 0.204 e. The van der Waals surface area contributed by atoms with Crippen LogP contribution in [0.1, 0.15) is 0 Å². The maximum Gasteiger partial charge on any atom is 0.204 e. The molecule has 5 rings (SSSR count). The van der Waals surface area contributed by atoms with Crippen molar-refractivity contribution in [3.05, 3.63) is 85.2 Å². The van der Waals surface area contributed by atoms with Gasteiger partial charge in [0.05, 0.1) is 6.20 Å². The topological polar surface area (TPSA) is 92.4 Å². The molecular weight excluding hydrogens is 364 g/mol. The Labute approximate surface area is 166 Å². The molecule has 29 heavy (non-hydrogen) atoms. The highest BCUT2D eigenvalue weighted by Crippen LogP contribution is 2.36. The lowest BCUT2D eigenvalue weighted by atomic mass is 9.95. The lowest BCUT2D eigenvalue weighted by Crippen LogP contribution is -1.89. The first kappa shape index (κ1) is 16.9. The summed E-state index contributed by atoms with van der Waals surface area (Å²) in [6, 6.07) is 23.8. The molecule has 0 aliphatic rings. The lowest BCUT2D eigenvalue weighted by Gasteiger charge is -2.12. The van der Waals surface area contributed by atoms with Gasteiger partial charge in [-0.25, -0.2) is 0 Å². The average molecular weight is 380 g/mol. The number of aromatic amines is 2. The maximum atomic E-state index is 6.04. The first-order valence-electron chi connectivity index (χ1n) is 9.07. The van der Waals surface area contributed by atoms with Gasteiger partial charge in [0.15, 0.2) is 0 Å². The van der Waals surface area contributed by atoms with Gasteiger partial charge in [-0.2, -0.15) is 10.3 Å². The molecule has 7 heteroatoms. The van der Waals surface area contributed by atoms with Gasteiger partial charge in [-0.05, 0) is 52.2 Å². The molecular formula is C22H16N6O. The molecule has 0 bridgehead atoms. The monoisotopic (exact) mass is 380 g/mol. The Bertz CT molecular complexity index is 1200. The van der Waals surface area contributed by atoms with Gasteiger partial charge in [-0.15, -0.1) is 10.2 Å². The van der Waals surface area contributed by atoms with Crippen molar-refractivity contribution >= 4 is 0 Å². The molecule has 2 heterocycles. The number of ether oxygens (including phenoxy) is 1. The predicted octanol–water partition coefficient (Wildman–Crippen LogP) is 4.72. The third-order valence-corrected chi connectivity index (χ3v) is 4.58. The second-order valence-corrected chi connectivity index (χ2v) is 6.42. The summed E-state index contributed by atoms with van der Waals surface area (Å²) in [5, 5.41) is 21.1. The maximum absolute atomic E-state index is 6.04. The summed E-state index contributed by atoms with van der Waals surface area (Å²) in [7, 11) is 0. The summed E-state index contributed by atoms with van der Waals surface area (Å²) in [6.45, 7) is 0. The van der Waals surface area contributed by atoms with E-state index in [1.54, 1.807) is 0 Å². The number of hydrogen-bond acceptors (Lipinski definition) is 5.